The molecule has 0 fully saturated rings. The van der Waals surface area contributed by atoms with Crippen LogP contribution in [0, 0.1) is 13.8 Å². The molecule has 1 rings (SSSR count). The molecule has 0 aliphatic rings. The number of thiophene rings is 1. The summed E-state index contributed by atoms with van der Waals surface area (Å²) in [6.45, 7) is 4.87. The molecule has 0 aliphatic heterocycles. The number of hydrogen-bond donors (Lipinski definition) is 2. The van der Waals surface area contributed by atoms with Crippen molar-refractivity contribution >= 4 is 17.3 Å². The fourth-order valence-electron chi connectivity index (χ4n) is 1.34. The van der Waals surface area contributed by atoms with Crippen molar-refractivity contribution in [1.29, 1.82) is 0 Å². The van der Waals surface area contributed by atoms with Gasteiger partial charge >= 0.3 is 5.97 Å². The van der Waals surface area contributed by atoms with Gasteiger partial charge in [-0.3, -0.25) is 10.1 Å². The molecule has 0 spiro atoms. The van der Waals surface area contributed by atoms with E-state index in [0.717, 1.165) is 4.88 Å². The molecule has 1 aromatic heterocycles. The van der Waals surface area contributed by atoms with Crippen molar-refractivity contribution in [3.8, 4) is 0 Å². The predicted octanol–water partition coefficient (Wildman–Crippen LogP) is 1.55. The lowest BCUT2D eigenvalue weighted by atomic mass is 10.2. The van der Waals surface area contributed by atoms with E-state index in [4.69, 9.17) is 9.84 Å². The third-order valence-electron chi connectivity index (χ3n) is 2.37. The van der Waals surface area contributed by atoms with Crippen molar-refractivity contribution in [3.63, 3.8) is 0 Å². The smallest absolute Gasteiger partial charge is 0.323 e. The Morgan fingerprint density at radius 2 is 2.31 bits per heavy atom. The maximum atomic E-state index is 10.8. The van der Waals surface area contributed by atoms with Crippen molar-refractivity contribution in [2.45, 2.75) is 26.4 Å². The average molecular weight is 243 g/mol. The number of nitrogens with one attached hydrogen (secondary N) is 1. The van der Waals surface area contributed by atoms with Crippen LogP contribution in [-0.4, -0.2) is 30.8 Å². The fraction of sp³-hybridized carbons (Fsp3) is 0.545. The molecule has 1 heterocycles. The van der Waals surface area contributed by atoms with Gasteiger partial charge in [0.15, 0.2) is 0 Å². The molecule has 5 heteroatoms. The summed E-state index contributed by atoms with van der Waals surface area (Å²) in [7, 11) is 1.50. The number of aliphatic carboxylic acids is 1. The summed E-state index contributed by atoms with van der Waals surface area (Å²) in [4.78, 5) is 13.3. The molecule has 0 amide bonds. The second-order valence-corrected chi connectivity index (χ2v) is 5.02. The van der Waals surface area contributed by atoms with Gasteiger partial charge in [-0.25, -0.2) is 0 Å². The maximum Gasteiger partial charge on any atom is 0.323 e. The molecule has 0 saturated heterocycles. The number of carboxylic acid groups (broad SMARTS) is 1. The quantitative estimate of drug-likeness (QED) is 0.796. The second-order valence-electron chi connectivity index (χ2n) is 3.68. The second kappa shape index (κ2) is 5.98. The Morgan fingerprint density at radius 1 is 1.62 bits per heavy atom. The number of methoxy groups -OCH3 is 1. The Labute approximate surface area is 99.2 Å². The lowest BCUT2D eigenvalue weighted by Crippen LogP contribution is -2.39. The lowest BCUT2D eigenvalue weighted by Gasteiger charge is -2.12. The van der Waals surface area contributed by atoms with Crippen molar-refractivity contribution in [2.24, 2.45) is 0 Å². The van der Waals surface area contributed by atoms with Gasteiger partial charge in [-0.2, -0.15) is 0 Å². The highest BCUT2D eigenvalue weighted by Crippen LogP contribution is 2.20. The minimum Gasteiger partial charge on any atom is -0.480 e. The molecule has 0 radical (unpaired) electrons. The molecule has 0 bridgehead atoms. The highest BCUT2D eigenvalue weighted by Gasteiger charge is 2.16. The van der Waals surface area contributed by atoms with E-state index in [0.29, 0.717) is 6.54 Å². The summed E-state index contributed by atoms with van der Waals surface area (Å²) in [5, 5.41) is 11.9. The third kappa shape index (κ3) is 3.59. The van der Waals surface area contributed by atoms with Crippen molar-refractivity contribution in [1.82, 2.24) is 5.32 Å². The van der Waals surface area contributed by atoms with Gasteiger partial charge in [0, 0.05) is 23.4 Å². The van der Waals surface area contributed by atoms with Crippen LogP contribution in [0.2, 0.25) is 0 Å². The van der Waals surface area contributed by atoms with Gasteiger partial charge < -0.3 is 9.84 Å². The molecule has 16 heavy (non-hydrogen) atoms. The number of carbonyl (C=O) groups is 1. The summed E-state index contributed by atoms with van der Waals surface area (Å²) in [5.41, 5.74) is 1.25. The molecule has 0 aromatic carbocycles. The third-order valence-corrected chi connectivity index (χ3v) is 3.52. The largest absolute Gasteiger partial charge is 0.480 e. The number of rotatable bonds is 6. The van der Waals surface area contributed by atoms with Crippen LogP contribution in [0.15, 0.2) is 6.07 Å². The molecular formula is C11H17NO3S. The number of hydrogen-bond acceptors (Lipinski definition) is 4. The van der Waals surface area contributed by atoms with Crippen molar-refractivity contribution in [3.05, 3.63) is 21.4 Å². The van der Waals surface area contributed by atoms with Gasteiger partial charge in [-0.1, -0.05) is 0 Å². The van der Waals surface area contributed by atoms with E-state index in [2.05, 4.69) is 25.2 Å². The first-order valence-electron chi connectivity index (χ1n) is 5.05. The van der Waals surface area contributed by atoms with Gasteiger partial charge in [0.2, 0.25) is 0 Å². The highest BCUT2D eigenvalue weighted by molar-refractivity contribution is 7.12. The van der Waals surface area contributed by atoms with Crippen LogP contribution in [0.5, 0.6) is 0 Å². The molecule has 1 unspecified atom stereocenters. The van der Waals surface area contributed by atoms with Crippen LogP contribution in [0.4, 0.5) is 0 Å². The number of ether oxygens (including phenoxy) is 1. The Balaban J connectivity index is 2.51. The van der Waals surface area contributed by atoms with E-state index in [-0.39, 0.29) is 6.61 Å². The molecule has 1 aromatic rings. The molecule has 90 valence electrons. The Morgan fingerprint density at radius 3 is 2.75 bits per heavy atom. The van der Waals surface area contributed by atoms with Crippen LogP contribution < -0.4 is 5.32 Å². The molecule has 1 atom stereocenters. The summed E-state index contributed by atoms with van der Waals surface area (Å²) < 4.78 is 4.84. The van der Waals surface area contributed by atoms with Crippen LogP contribution in [0.1, 0.15) is 15.3 Å². The molecular weight excluding hydrogens is 226 g/mol. The highest BCUT2D eigenvalue weighted by atomic mass is 32.1. The average Bonchev–Trinajstić information content (AvgIpc) is 2.53. The van der Waals surface area contributed by atoms with E-state index in [1.807, 2.05) is 0 Å². The van der Waals surface area contributed by atoms with Gasteiger partial charge in [0.05, 0.1) is 6.61 Å². The molecule has 0 aliphatic carbocycles. The van der Waals surface area contributed by atoms with Gasteiger partial charge in [0.1, 0.15) is 6.04 Å². The minimum atomic E-state index is -0.883. The first kappa shape index (κ1) is 13.2. The van der Waals surface area contributed by atoms with E-state index in [1.165, 1.54) is 17.6 Å². The van der Waals surface area contributed by atoms with Crippen LogP contribution >= 0.6 is 11.3 Å². The van der Waals surface area contributed by atoms with Crippen LogP contribution in [-0.2, 0) is 16.1 Å². The fourth-order valence-corrected chi connectivity index (χ4v) is 2.35. The summed E-state index contributed by atoms with van der Waals surface area (Å²) in [6.07, 6.45) is 0. The van der Waals surface area contributed by atoms with Gasteiger partial charge in [-0.05, 0) is 25.5 Å². The molecule has 2 N–H and O–H groups in total. The number of carboxylic acids is 1. The van der Waals surface area contributed by atoms with E-state index in [9.17, 15) is 4.79 Å². The SMILES string of the molecule is COCC(NCc1cc(C)c(C)s1)C(=O)O. The zero-order valence-corrected chi connectivity index (χ0v) is 10.6. The summed E-state index contributed by atoms with van der Waals surface area (Å²) in [5.74, 6) is -0.883. The monoisotopic (exact) mass is 243 g/mol. The van der Waals surface area contributed by atoms with Crippen LogP contribution in [0.3, 0.4) is 0 Å². The normalized spacial score (nSPS) is 12.7. The standard InChI is InChI=1S/C11H17NO3S/c1-7-4-9(16-8(7)2)5-12-10(6-15-3)11(13)14/h4,10,12H,5-6H2,1-3H3,(H,13,14). The van der Waals surface area contributed by atoms with E-state index < -0.39 is 12.0 Å². The Kier molecular flexibility index (Phi) is 4.92. The maximum absolute atomic E-state index is 10.8. The summed E-state index contributed by atoms with van der Waals surface area (Å²) in [6, 6.07) is 1.44. The predicted molar refractivity (Wildman–Crippen MR) is 63.9 cm³/mol. The van der Waals surface area contributed by atoms with E-state index in [1.54, 1.807) is 11.3 Å². The first-order chi connectivity index (χ1) is 7.54. The molecule has 4 nitrogen and oxygen atoms in total. The lowest BCUT2D eigenvalue weighted by molar-refractivity contribution is -0.140. The Hall–Kier alpha value is -0.910. The number of aryl methyl sites for hydroxylation is 2. The van der Waals surface area contributed by atoms with Crippen molar-refractivity contribution < 1.29 is 14.6 Å². The zero-order chi connectivity index (χ0) is 12.1. The van der Waals surface area contributed by atoms with Gasteiger partial charge in [-0.15, -0.1) is 11.3 Å². The topological polar surface area (TPSA) is 58.6 Å². The first-order valence-corrected chi connectivity index (χ1v) is 5.87. The Bertz CT molecular complexity index is 343. The van der Waals surface area contributed by atoms with Gasteiger partial charge in [0.25, 0.3) is 0 Å². The zero-order valence-electron chi connectivity index (χ0n) is 9.74. The minimum absolute atomic E-state index is 0.179. The summed E-state index contributed by atoms with van der Waals surface area (Å²) >= 11 is 1.69. The van der Waals surface area contributed by atoms with Crippen molar-refractivity contribution in [2.75, 3.05) is 13.7 Å². The van der Waals surface area contributed by atoms with E-state index >= 15 is 0 Å². The molecule has 0 saturated carbocycles. The van der Waals surface area contributed by atoms with Crippen LogP contribution in [0.25, 0.3) is 0 Å².